The lowest BCUT2D eigenvalue weighted by molar-refractivity contribution is 0.565. The molecule has 0 unspecified atom stereocenters. The van der Waals surface area contributed by atoms with Gasteiger partial charge in [0.05, 0.1) is 7.06 Å². The van der Waals surface area contributed by atoms with Gasteiger partial charge in [-0.05, 0) is 11.6 Å². The minimum atomic E-state index is 0.378. The van der Waals surface area contributed by atoms with Crippen LogP contribution in [0.1, 0.15) is 6.93 Å². The molecule has 0 heterocycles. The Bertz CT molecular complexity index is 334. The lowest BCUT2D eigenvalue weighted by atomic mass is 10.2. The molecule has 0 aromatic heterocycles. The highest BCUT2D eigenvalue weighted by atomic mass is 79.9. The van der Waals surface area contributed by atoms with Crippen molar-refractivity contribution in [2.75, 3.05) is 0 Å². The van der Waals surface area contributed by atoms with E-state index in [-0.39, 0.29) is 0 Å². The van der Waals surface area contributed by atoms with Crippen LogP contribution in [0.3, 0.4) is 0 Å². The van der Waals surface area contributed by atoms with Gasteiger partial charge in [0, 0.05) is 5.33 Å². The normalized spacial score (nSPS) is 10.1. The molecular formula is C8H6BrNO. The van der Waals surface area contributed by atoms with E-state index in [1.165, 1.54) is 6.08 Å². The Morgan fingerprint density at radius 3 is 3.18 bits per heavy atom. The molecule has 0 bridgehead atoms. The van der Waals surface area contributed by atoms with E-state index < -0.39 is 0 Å². The molecule has 0 fully saturated rings. The summed E-state index contributed by atoms with van der Waals surface area (Å²) in [5, 5.41) is 0.521. The standard InChI is InChI=1S/C8H6BrNO/c9-5-7-3-1-2-4-8(7)10-6-11/h1-4H,5H2/i3D. The van der Waals surface area contributed by atoms with Crippen LogP contribution in [0.5, 0.6) is 0 Å². The summed E-state index contributed by atoms with van der Waals surface area (Å²) in [5.74, 6) is 0. The van der Waals surface area contributed by atoms with Gasteiger partial charge in [-0.1, -0.05) is 34.1 Å². The molecule has 1 rings (SSSR count). The van der Waals surface area contributed by atoms with Crippen molar-refractivity contribution < 1.29 is 6.17 Å². The molecule has 0 radical (unpaired) electrons. The summed E-state index contributed by atoms with van der Waals surface area (Å²) in [7, 11) is 0. The van der Waals surface area contributed by atoms with Crippen LogP contribution in [-0.4, -0.2) is 6.08 Å². The number of nitrogens with zero attached hydrogens (tertiary/aromatic N) is 1. The third kappa shape index (κ3) is 2.00. The molecule has 11 heavy (non-hydrogen) atoms. The van der Waals surface area contributed by atoms with Crippen molar-refractivity contribution in [1.82, 2.24) is 0 Å². The monoisotopic (exact) mass is 212 g/mol. The highest BCUT2D eigenvalue weighted by Crippen LogP contribution is 2.19. The summed E-state index contributed by atoms with van der Waals surface area (Å²) in [6.07, 6.45) is 1.46. The van der Waals surface area contributed by atoms with Gasteiger partial charge in [0.25, 0.3) is 0 Å². The van der Waals surface area contributed by atoms with E-state index in [4.69, 9.17) is 1.37 Å². The number of alkyl halides is 1. The van der Waals surface area contributed by atoms with Crippen LogP contribution < -0.4 is 0 Å². The number of hydrogen-bond acceptors (Lipinski definition) is 2. The van der Waals surface area contributed by atoms with Crippen molar-refractivity contribution in [3.63, 3.8) is 0 Å². The summed E-state index contributed by atoms with van der Waals surface area (Å²) in [4.78, 5) is 13.5. The molecule has 0 aliphatic heterocycles. The fraction of sp³-hybridized carbons (Fsp3) is 0.125. The summed E-state index contributed by atoms with van der Waals surface area (Å²) in [6.45, 7) is 0. The van der Waals surface area contributed by atoms with Gasteiger partial charge in [0.2, 0.25) is 6.08 Å². The quantitative estimate of drug-likeness (QED) is 0.421. The molecule has 0 saturated heterocycles. The molecule has 2 nitrogen and oxygen atoms in total. The lowest BCUT2D eigenvalue weighted by Crippen LogP contribution is -1.76. The highest BCUT2D eigenvalue weighted by Gasteiger charge is 1.95. The highest BCUT2D eigenvalue weighted by molar-refractivity contribution is 9.08. The van der Waals surface area contributed by atoms with Gasteiger partial charge in [0.1, 0.15) is 0 Å². The molecular weight excluding hydrogens is 206 g/mol. The van der Waals surface area contributed by atoms with Crippen LogP contribution in [0, 0.1) is 0 Å². The van der Waals surface area contributed by atoms with Gasteiger partial charge in [-0.15, -0.1) is 0 Å². The molecule has 0 N–H and O–H groups in total. The van der Waals surface area contributed by atoms with Crippen molar-refractivity contribution in [2.24, 2.45) is 4.99 Å². The number of rotatable bonds is 2. The van der Waals surface area contributed by atoms with E-state index in [9.17, 15) is 4.79 Å². The van der Waals surface area contributed by atoms with E-state index in [1.807, 2.05) is 0 Å². The fourth-order valence-electron chi connectivity index (χ4n) is 0.723. The fourth-order valence-corrected chi connectivity index (χ4v) is 1.17. The molecule has 0 amide bonds. The first-order valence-corrected chi connectivity index (χ1v) is 4.14. The predicted octanol–water partition coefficient (Wildman–Crippen LogP) is 2.55. The molecule has 1 aromatic rings. The number of carbonyl (C=O) groups excluding carboxylic acids is 1. The van der Waals surface area contributed by atoms with E-state index in [2.05, 4.69) is 20.9 Å². The van der Waals surface area contributed by atoms with Gasteiger partial charge in [-0.2, -0.15) is 4.99 Å². The second-order valence-corrected chi connectivity index (χ2v) is 2.43. The van der Waals surface area contributed by atoms with E-state index >= 15 is 0 Å². The molecule has 0 aliphatic rings. The average molecular weight is 213 g/mol. The summed E-state index contributed by atoms with van der Waals surface area (Å²) >= 11 is 3.22. The van der Waals surface area contributed by atoms with Crippen LogP contribution in [0.25, 0.3) is 0 Å². The summed E-state index contributed by atoms with van der Waals surface area (Å²) in [5.41, 5.74) is 1.22. The summed E-state index contributed by atoms with van der Waals surface area (Å²) < 4.78 is 7.47. The third-order valence-corrected chi connectivity index (χ3v) is 1.78. The molecule has 0 aliphatic carbocycles. The van der Waals surface area contributed by atoms with E-state index in [1.54, 1.807) is 18.2 Å². The zero-order chi connectivity index (χ0) is 8.97. The molecule has 0 atom stereocenters. The third-order valence-electron chi connectivity index (χ3n) is 1.22. The smallest absolute Gasteiger partial charge is 0.211 e. The Kier molecular flexibility index (Phi) is 2.50. The van der Waals surface area contributed by atoms with Crippen molar-refractivity contribution >= 4 is 27.7 Å². The number of aliphatic imine (C=N–C) groups is 1. The van der Waals surface area contributed by atoms with Crippen molar-refractivity contribution in [2.45, 2.75) is 5.33 Å². The van der Waals surface area contributed by atoms with Crippen LogP contribution in [0.4, 0.5) is 5.69 Å². The zero-order valence-corrected chi connectivity index (χ0v) is 7.26. The van der Waals surface area contributed by atoms with Crippen LogP contribution in [-0.2, 0) is 10.1 Å². The molecule has 0 spiro atoms. The maximum atomic E-state index is 9.99. The number of para-hydroxylation sites is 1. The Labute approximate surface area is 74.5 Å². The van der Waals surface area contributed by atoms with Gasteiger partial charge < -0.3 is 0 Å². The first kappa shape index (κ1) is 6.77. The van der Waals surface area contributed by atoms with Crippen molar-refractivity contribution in [1.29, 1.82) is 0 Å². The van der Waals surface area contributed by atoms with Gasteiger partial charge in [0.15, 0.2) is 0 Å². The maximum absolute atomic E-state index is 9.99. The Balaban J connectivity index is 3.26. The largest absolute Gasteiger partial charge is 0.240 e. The van der Waals surface area contributed by atoms with E-state index in [0.717, 1.165) is 0 Å². The zero-order valence-electron chi connectivity index (χ0n) is 6.67. The molecule has 3 heteroatoms. The molecule has 1 aromatic carbocycles. The van der Waals surface area contributed by atoms with Crippen LogP contribution in [0.15, 0.2) is 29.2 Å². The minimum Gasteiger partial charge on any atom is -0.211 e. The van der Waals surface area contributed by atoms with Crippen LogP contribution >= 0.6 is 15.9 Å². The van der Waals surface area contributed by atoms with Gasteiger partial charge in [-0.3, -0.25) is 0 Å². The molecule has 0 saturated carbocycles. The first-order valence-electron chi connectivity index (χ1n) is 3.52. The number of benzene rings is 1. The van der Waals surface area contributed by atoms with E-state index in [0.29, 0.717) is 22.6 Å². The number of halogens is 1. The second kappa shape index (κ2) is 4.06. The average Bonchev–Trinajstić information content (AvgIpc) is 2.05. The van der Waals surface area contributed by atoms with Gasteiger partial charge >= 0.3 is 0 Å². The lowest BCUT2D eigenvalue weighted by Gasteiger charge is -1.96. The van der Waals surface area contributed by atoms with Gasteiger partial charge in [-0.25, -0.2) is 4.79 Å². The maximum Gasteiger partial charge on any atom is 0.240 e. The van der Waals surface area contributed by atoms with Crippen molar-refractivity contribution in [3.05, 3.63) is 29.8 Å². The molecule has 56 valence electrons. The Morgan fingerprint density at radius 1 is 1.73 bits per heavy atom. The second-order valence-electron chi connectivity index (χ2n) is 1.87. The number of isocyanates is 1. The van der Waals surface area contributed by atoms with Crippen LogP contribution in [0.2, 0.25) is 0 Å². The van der Waals surface area contributed by atoms with Crippen molar-refractivity contribution in [3.8, 4) is 0 Å². The summed E-state index contributed by atoms with van der Waals surface area (Å²) in [6, 6.07) is 5.40. The Hall–Kier alpha value is -0.920. The first-order chi connectivity index (χ1) is 5.79. The Morgan fingerprint density at radius 2 is 2.55 bits per heavy atom. The predicted molar refractivity (Wildman–Crippen MR) is 46.9 cm³/mol. The number of hydrogen-bond donors (Lipinski definition) is 0. The SMILES string of the molecule is [2H]c1cccc(N=C=O)c1CBr. The topological polar surface area (TPSA) is 29.4 Å². The minimum absolute atomic E-state index is 0.378.